The zero-order valence-corrected chi connectivity index (χ0v) is 21.4. The first-order valence-electron chi connectivity index (χ1n) is 10.6. The third-order valence-corrected chi connectivity index (χ3v) is 4.82. The number of nitrogens with two attached hydrogens (primary N) is 1. The number of hydrogen-bond donors (Lipinski definition) is 3. The quantitative estimate of drug-likeness (QED) is 0.247. The molecule has 0 saturated carbocycles. The van der Waals surface area contributed by atoms with Crippen LogP contribution in [0.5, 0.6) is 0 Å². The van der Waals surface area contributed by atoms with Crippen LogP contribution in [0, 0.1) is 11.8 Å². The van der Waals surface area contributed by atoms with E-state index in [9.17, 15) is 22.8 Å². The third-order valence-electron chi connectivity index (χ3n) is 4.17. The molecule has 0 aliphatic heterocycles. The van der Waals surface area contributed by atoms with Gasteiger partial charge in [0.2, 0.25) is 11.8 Å². The summed E-state index contributed by atoms with van der Waals surface area (Å²) in [6.07, 6.45) is 2.15. The van der Waals surface area contributed by atoms with Gasteiger partial charge >= 0.3 is 6.09 Å². The average Bonchev–Trinajstić information content (AvgIpc) is 2.56. The van der Waals surface area contributed by atoms with E-state index in [0.29, 0.717) is 6.42 Å². The normalized spacial score (nSPS) is 15.4. The Morgan fingerprint density at radius 2 is 1.56 bits per heavy atom. The second-order valence-corrected chi connectivity index (χ2v) is 11.6. The van der Waals surface area contributed by atoms with Gasteiger partial charge in [0, 0.05) is 17.7 Å². The number of nitrogens with zero attached hydrogens (tertiary/aromatic N) is 1. The predicted octanol–water partition coefficient (Wildman–Crippen LogP) is 1.72. The first-order chi connectivity index (χ1) is 14.3. The minimum atomic E-state index is -3.35. The van der Waals surface area contributed by atoms with E-state index in [2.05, 4.69) is 10.6 Å². The molecule has 0 spiro atoms. The van der Waals surface area contributed by atoms with Crippen molar-refractivity contribution in [2.45, 2.75) is 85.5 Å². The number of rotatable bonds is 10. The van der Waals surface area contributed by atoms with Gasteiger partial charge in [-0.2, -0.15) is 0 Å². The largest absolute Gasteiger partial charge is 0.443 e. The van der Waals surface area contributed by atoms with Gasteiger partial charge in [-0.3, -0.25) is 9.59 Å². The minimum absolute atomic E-state index is 0.194. The summed E-state index contributed by atoms with van der Waals surface area (Å²) in [5.74, 6) is 4.61. The second kappa shape index (κ2) is 12.2. The molecule has 0 rings (SSSR count). The van der Waals surface area contributed by atoms with Crippen molar-refractivity contribution in [1.29, 1.82) is 0 Å². The molecule has 10 nitrogen and oxygen atoms in total. The van der Waals surface area contributed by atoms with Crippen molar-refractivity contribution in [3.63, 3.8) is 0 Å². The van der Waals surface area contributed by atoms with Gasteiger partial charge in [-0.15, -0.1) is 0 Å². The van der Waals surface area contributed by atoms with Crippen molar-refractivity contribution in [3.05, 3.63) is 11.5 Å². The lowest BCUT2D eigenvalue weighted by Crippen LogP contribution is -2.59. The molecule has 0 fully saturated rings. The van der Waals surface area contributed by atoms with E-state index in [-0.39, 0.29) is 11.8 Å². The van der Waals surface area contributed by atoms with Gasteiger partial charge in [0.25, 0.3) is 0 Å². The summed E-state index contributed by atoms with van der Waals surface area (Å²) in [5.41, 5.74) is -0.787. The number of hydrazine groups is 1. The number of ether oxygens (including phenoxy) is 1. The molecular weight excluding hydrogens is 436 g/mol. The molecule has 0 heterocycles. The molecule has 0 aromatic carbocycles. The van der Waals surface area contributed by atoms with E-state index < -0.39 is 51.5 Å². The van der Waals surface area contributed by atoms with E-state index in [1.165, 1.54) is 13.0 Å². The Bertz CT molecular complexity index is 787. The second-order valence-electron chi connectivity index (χ2n) is 9.71. The molecule has 0 saturated heterocycles. The molecule has 32 heavy (non-hydrogen) atoms. The van der Waals surface area contributed by atoms with Crippen LogP contribution in [-0.2, 0) is 24.2 Å². The highest BCUT2D eigenvalue weighted by Crippen LogP contribution is 2.14. The van der Waals surface area contributed by atoms with Crippen LogP contribution in [-0.4, -0.2) is 61.3 Å². The predicted molar refractivity (Wildman–Crippen MR) is 124 cm³/mol. The number of hydrogen-bond acceptors (Lipinski definition) is 7. The van der Waals surface area contributed by atoms with Crippen LogP contribution in [0.25, 0.3) is 0 Å². The van der Waals surface area contributed by atoms with E-state index in [0.717, 1.165) is 16.7 Å². The van der Waals surface area contributed by atoms with Crippen LogP contribution in [0.1, 0.15) is 61.8 Å². The molecule has 0 bridgehead atoms. The standard InChI is InChI=1S/C21H40N4O6S/c1-13(2)12-16(10-11-32(9,29)30)24-18(26)15(5)23-19(27)17(14(3)4)25(22)20(28)31-21(6,7)8/h10-11,13-17H,12,22H2,1-9H3,(H,23,27)(H,24,26)/b11-10+/t15-,16+,17-/m0/s1. The van der Waals surface area contributed by atoms with Crippen LogP contribution < -0.4 is 16.5 Å². The van der Waals surface area contributed by atoms with Crippen LogP contribution in [0.4, 0.5) is 4.79 Å². The van der Waals surface area contributed by atoms with Crippen molar-refractivity contribution in [1.82, 2.24) is 15.6 Å². The summed E-state index contributed by atoms with van der Waals surface area (Å²) in [6.45, 7) is 13.9. The highest BCUT2D eigenvalue weighted by molar-refractivity contribution is 7.93. The Morgan fingerprint density at radius 1 is 1.03 bits per heavy atom. The number of nitrogens with one attached hydrogen (secondary N) is 2. The van der Waals surface area contributed by atoms with Crippen molar-refractivity contribution in [2.24, 2.45) is 17.7 Å². The Morgan fingerprint density at radius 3 is 1.97 bits per heavy atom. The lowest BCUT2D eigenvalue weighted by molar-refractivity contribution is -0.133. The van der Waals surface area contributed by atoms with Crippen LogP contribution >= 0.6 is 0 Å². The van der Waals surface area contributed by atoms with Crippen molar-refractivity contribution >= 4 is 27.7 Å². The summed E-state index contributed by atoms with van der Waals surface area (Å²) in [5, 5.41) is 7.08. The molecule has 0 aliphatic carbocycles. The fraction of sp³-hybridized carbons (Fsp3) is 0.762. The lowest BCUT2D eigenvalue weighted by atomic mass is 10.0. The monoisotopic (exact) mass is 476 g/mol. The topological polar surface area (TPSA) is 148 Å². The smallest absolute Gasteiger partial charge is 0.425 e. The average molecular weight is 477 g/mol. The summed E-state index contributed by atoms with van der Waals surface area (Å²) < 4.78 is 28.1. The highest BCUT2D eigenvalue weighted by atomic mass is 32.2. The van der Waals surface area contributed by atoms with E-state index >= 15 is 0 Å². The van der Waals surface area contributed by atoms with Gasteiger partial charge in [-0.25, -0.2) is 24.1 Å². The number of amides is 3. The summed E-state index contributed by atoms with van der Waals surface area (Å²) in [7, 11) is -3.35. The zero-order valence-electron chi connectivity index (χ0n) is 20.6. The molecule has 4 N–H and O–H groups in total. The minimum Gasteiger partial charge on any atom is -0.443 e. The molecule has 0 aromatic heterocycles. The Balaban J connectivity index is 5.32. The van der Waals surface area contributed by atoms with Crippen LogP contribution in [0.15, 0.2) is 11.5 Å². The SMILES string of the molecule is CC(C)C[C@@H](/C=C/S(C)(=O)=O)NC(=O)[C@H](C)NC(=O)[C@H](C(C)C)N(N)C(=O)OC(C)(C)C. The van der Waals surface area contributed by atoms with Gasteiger partial charge in [0.05, 0.1) is 0 Å². The first-order valence-corrected chi connectivity index (χ1v) is 12.6. The molecule has 3 atom stereocenters. The molecule has 11 heteroatoms. The zero-order chi connectivity index (χ0) is 25.4. The van der Waals surface area contributed by atoms with Gasteiger partial charge in [-0.1, -0.05) is 33.8 Å². The third kappa shape index (κ3) is 12.0. The van der Waals surface area contributed by atoms with Gasteiger partial charge in [-0.05, 0) is 46.0 Å². The van der Waals surface area contributed by atoms with E-state index in [1.54, 1.807) is 34.6 Å². The maximum Gasteiger partial charge on any atom is 0.425 e. The molecule has 186 valence electrons. The van der Waals surface area contributed by atoms with E-state index in [4.69, 9.17) is 10.6 Å². The first kappa shape index (κ1) is 29.9. The van der Waals surface area contributed by atoms with Crippen LogP contribution in [0.2, 0.25) is 0 Å². The summed E-state index contributed by atoms with van der Waals surface area (Å²) in [4.78, 5) is 37.7. The Labute approximate surface area is 192 Å². The number of sulfone groups is 1. The summed E-state index contributed by atoms with van der Waals surface area (Å²) >= 11 is 0. The van der Waals surface area contributed by atoms with Crippen molar-refractivity contribution in [3.8, 4) is 0 Å². The summed E-state index contributed by atoms with van der Waals surface area (Å²) in [6, 6.07) is -2.53. The fourth-order valence-corrected chi connectivity index (χ4v) is 3.26. The maximum atomic E-state index is 12.8. The number of carbonyl (C=O) groups excluding carboxylic acids is 3. The van der Waals surface area contributed by atoms with Gasteiger partial charge in [0.1, 0.15) is 17.7 Å². The Kier molecular flexibility index (Phi) is 11.4. The molecule has 3 amide bonds. The van der Waals surface area contributed by atoms with Crippen LogP contribution in [0.3, 0.4) is 0 Å². The Hall–Kier alpha value is -2.14. The highest BCUT2D eigenvalue weighted by Gasteiger charge is 2.34. The fourth-order valence-electron chi connectivity index (χ4n) is 2.78. The molecule has 0 radical (unpaired) electrons. The maximum absolute atomic E-state index is 12.8. The molecule has 0 unspecified atom stereocenters. The lowest BCUT2D eigenvalue weighted by Gasteiger charge is -2.32. The molecule has 0 aromatic rings. The molecular formula is C21H40N4O6S. The van der Waals surface area contributed by atoms with Gasteiger partial charge in [0.15, 0.2) is 9.84 Å². The van der Waals surface area contributed by atoms with Crippen molar-refractivity contribution < 1.29 is 27.5 Å². The van der Waals surface area contributed by atoms with Gasteiger partial charge < -0.3 is 15.4 Å². The van der Waals surface area contributed by atoms with E-state index in [1.807, 2.05) is 13.8 Å². The van der Waals surface area contributed by atoms with Crippen molar-refractivity contribution in [2.75, 3.05) is 6.26 Å². The molecule has 0 aliphatic rings. The number of carbonyl (C=O) groups is 3.